The Labute approximate surface area is 47.9 Å². The molecule has 0 aliphatic rings. The van der Waals surface area contributed by atoms with Crippen LogP contribution < -0.4 is 5.73 Å². The Hall–Kier alpha value is -0.160. The van der Waals surface area contributed by atoms with Crippen LogP contribution in [0.25, 0.3) is 0 Å². The van der Waals surface area contributed by atoms with Gasteiger partial charge in [-0.2, -0.15) is 0 Å². The van der Waals surface area contributed by atoms with Crippen LogP contribution in [0.5, 0.6) is 0 Å². The number of rotatable bonds is 4. The number of hydrogen-bond donors (Lipinski definition) is 3. The van der Waals surface area contributed by atoms with Crippen LogP contribution in [0.4, 0.5) is 0 Å². The van der Waals surface area contributed by atoms with Crippen molar-refractivity contribution in [1.82, 2.24) is 0 Å². The SMILES string of the molecule is N[CH]OCC(O)CO. The molecule has 0 saturated heterocycles. The Morgan fingerprint density at radius 2 is 2.38 bits per heavy atom. The molecule has 4 nitrogen and oxygen atoms in total. The molecule has 49 valence electrons. The third-order valence-electron chi connectivity index (χ3n) is 0.596. The van der Waals surface area contributed by atoms with Crippen molar-refractivity contribution in [1.29, 1.82) is 0 Å². The number of aliphatic hydroxyl groups is 2. The van der Waals surface area contributed by atoms with Gasteiger partial charge in [-0.25, -0.2) is 0 Å². The summed E-state index contributed by atoms with van der Waals surface area (Å²) in [5, 5.41) is 16.7. The maximum Gasteiger partial charge on any atom is 0.145 e. The molecule has 0 bridgehead atoms. The molecule has 8 heavy (non-hydrogen) atoms. The molecular weight excluding hydrogens is 110 g/mol. The minimum atomic E-state index is -0.824. The van der Waals surface area contributed by atoms with E-state index >= 15 is 0 Å². The van der Waals surface area contributed by atoms with Crippen molar-refractivity contribution in [2.45, 2.75) is 6.10 Å². The Morgan fingerprint density at radius 3 is 2.75 bits per heavy atom. The number of hydrogen-bond acceptors (Lipinski definition) is 4. The summed E-state index contributed by atoms with van der Waals surface area (Å²) in [5.41, 5.74) is 4.79. The zero-order chi connectivity index (χ0) is 6.41. The number of nitrogens with two attached hydrogens (primary N) is 1. The van der Waals surface area contributed by atoms with Gasteiger partial charge in [-0.05, 0) is 0 Å². The Bertz CT molecular complexity index is 50.5. The smallest absolute Gasteiger partial charge is 0.145 e. The van der Waals surface area contributed by atoms with E-state index in [9.17, 15) is 0 Å². The second kappa shape index (κ2) is 4.99. The fourth-order valence-corrected chi connectivity index (χ4v) is 0.219. The molecule has 0 aromatic rings. The summed E-state index contributed by atoms with van der Waals surface area (Å²) in [6.07, 6.45) is -0.824. The summed E-state index contributed by atoms with van der Waals surface area (Å²) in [5.74, 6) is 0. The van der Waals surface area contributed by atoms with E-state index in [2.05, 4.69) is 4.74 Å². The highest BCUT2D eigenvalue weighted by molar-refractivity contribution is 4.49. The highest BCUT2D eigenvalue weighted by Crippen LogP contribution is 1.81. The normalized spacial score (nSPS) is 13.9. The van der Waals surface area contributed by atoms with E-state index in [1.165, 1.54) is 0 Å². The molecule has 0 saturated carbocycles. The van der Waals surface area contributed by atoms with Crippen LogP contribution >= 0.6 is 0 Å². The van der Waals surface area contributed by atoms with E-state index in [1.807, 2.05) is 0 Å². The van der Waals surface area contributed by atoms with Gasteiger partial charge in [-0.15, -0.1) is 0 Å². The van der Waals surface area contributed by atoms with Crippen LogP contribution in [0, 0.1) is 6.73 Å². The molecule has 0 aromatic heterocycles. The van der Waals surface area contributed by atoms with E-state index in [-0.39, 0.29) is 13.2 Å². The van der Waals surface area contributed by atoms with Crippen molar-refractivity contribution in [2.24, 2.45) is 5.73 Å². The molecule has 1 atom stereocenters. The largest absolute Gasteiger partial charge is 0.394 e. The third-order valence-corrected chi connectivity index (χ3v) is 0.596. The zero-order valence-electron chi connectivity index (χ0n) is 4.45. The van der Waals surface area contributed by atoms with Crippen LogP contribution in [-0.4, -0.2) is 29.5 Å². The lowest BCUT2D eigenvalue weighted by Gasteiger charge is -2.03. The predicted octanol–water partition coefficient (Wildman–Crippen LogP) is -1.57. The molecule has 0 spiro atoms. The van der Waals surface area contributed by atoms with Crippen molar-refractivity contribution in [3.05, 3.63) is 6.73 Å². The lowest BCUT2D eigenvalue weighted by atomic mass is 10.4. The maximum absolute atomic E-state index is 8.54. The van der Waals surface area contributed by atoms with Crippen LogP contribution in [0.1, 0.15) is 0 Å². The lowest BCUT2D eigenvalue weighted by molar-refractivity contribution is 0.0267. The van der Waals surface area contributed by atoms with Crippen LogP contribution in [0.2, 0.25) is 0 Å². The van der Waals surface area contributed by atoms with Gasteiger partial charge in [0.05, 0.1) is 13.2 Å². The van der Waals surface area contributed by atoms with Crippen molar-refractivity contribution < 1.29 is 14.9 Å². The molecule has 0 fully saturated rings. The number of aliphatic hydroxyl groups excluding tert-OH is 2. The Kier molecular flexibility index (Phi) is 4.89. The quantitative estimate of drug-likeness (QED) is 0.419. The molecule has 0 aromatic carbocycles. The van der Waals surface area contributed by atoms with Crippen molar-refractivity contribution in [3.63, 3.8) is 0 Å². The van der Waals surface area contributed by atoms with Crippen molar-refractivity contribution in [2.75, 3.05) is 13.2 Å². The summed E-state index contributed by atoms with van der Waals surface area (Å²) in [4.78, 5) is 0. The van der Waals surface area contributed by atoms with E-state index in [4.69, 9.17) is 15.9 Å². The Balaban J connectivity index is 2.86. The first-order valence-corrected chi connectivity index (χ1v) is 2.25. The summed E-state index contributed by atoms with van der Waals surface area (Å²) >= 11 is 0. The minimum absolute atomic E-state index is 0.0486. The maximum atomic E-state index is 8.54. The molecule has 0 aliphatic carbocycles. The number of ether oxygens (including phenoxy) is 1. The monoisotopic (exact) mass is 120 g/mol. The van der Waals surface area contributed by atoms with Gasteiger partial charge >= 0.3 is 0 Å². The van der Waals surface area contributed by atoms with E-state index < -0.39 is 6.10 Å². The van der Waals surface area contributed by atoms with Gasteiger partial charge < -0.3 is 20.7 Å². The van der Waals surface area contributed by atoms with Crippen molar-refractivity contribution in [3.8, 4) is 0 Å². The van der Waals surface area contributed by atoms with Crippen LogP contribution in [-0.2, 0) is 4.74 Å². The average Bonchev–Trinajstić information content (AvgIpc) is 1.83. The van der Waals surface area contributed by atoms with E-state index in [0.717, 1.165) is 6.73 Å². The van der Waals surface area contributed by atoms with Gasteiger partial charge in [0.1, 0.15) is 12.8 Å². The molecule has 0 rings (SSSR count). The van der Waals surface area contributed by atoms with Gasteiger partial charge in [0.2, 0.25) is 0 Å². The van der Waals surface area contributed by atoms with Gasteiger partial charge in [0, 0.05) is 0 Å². The third kappa shape index (κ3) is 4.01. The first kappa shape index (κ1) is 7.84. The second-order valence-corrected chi connectivity index (χ2v) is 1.31. The fourth-order valence-electron chi connectivity index (χ4n) is 0.219. The topological polar surface area (TPSA) is 75.7 Å². The van der Waals surface area contributed by atoms with Crippen LogP contribution in [0.15, 0.2) is 0 Å². The fraction of sp³-hybridized carbons (Fsp3) is 0.750. The first-order chi connectivity index (χ1) is 3.81. The van der Waals surface area contributed by atoms with E-state index in [0.29, 0.717) is 0 Å². The van der Waals surface area contributed by atoms with Gasteiger partial charge in [-0.3, -0.25) is 0 Å². The minimum Gasteiger partial charge on any atom is -0.394 e. The molecule has 0 amide bonds. The molecule has 1 unspecified atom stereocenters. The molecule has 4 heteroatoms. The molecule has 1 radical (unpaired) electrons. The lowest BCUT2D eigenvalue weighted by Crippen LogP contribution is -2.19. The molecule has 4 N–H and O–H groups in total. The molecule has 0 aliphatic heterocycles. The first-order valence-electron chi connectivity index (χ1n) is 2.25. The van der Waals surface area contributed by atoms with Gasteiger partial charge in [0.25, 0.3) is 0 Å². The summed E-state index contributed by atoms with van der Waals surface area (Å²) in [6, 6.07) is 0. The highest BCUT2D eigenvalue weighted by Gasteiger charge is 1.98. The van der Waals surface area contributed by atoms with Crippen LogP contribution in [0.3, 0.4) is 0 Å². The zero-order valence-corrected chi connectivity index (χ0v) is 4.45. The summed E-state index contributed by atoms with van der Waals surface area (Å²) in [6.45, 7) is 0.722. The van der Waals surface area contributed by atoms with Crippen molar-refractivity contribution >= 4 is 0 Å². The summed E-state index contributed by atoms with van der Waals surface area (Å²) in [7, 11) is 0. The predicted molar refractivity (Wildman–Crippen MR) is 27.5 cm³/mol. The molecule has 0 heterocycles. The average molecular weight is 120 g/mol. The molecular formula is C4H10NO3. The van der Waals surface area contributed by atoms with Gasteiger partial charge in [0.15, 0.2) is 0 Å². The standard InChI is InChI=1S/C4H10NO3/c5-3-8-2-4(7)1-6/h3-4,6-7H,1-2,5H2. The highest BCUT2D eigenvalue weighted by atomic mass is 16.5. The Morgan fingerprint density at radius 1 is 1.75 bits per heavy atom. The summed E-state index contributed by atoms with van der Waals surface area (Å²) < 4.78 is 4.43. The van der Waals surface area contributed by atoms with E-state index in [1.54, 1.807) is 0 Å². The van der Waals surface area contributed by atoms with Gasteiger partial charge in [-0.1, -0.05) is 0 Å². The second-order valence-electron chi connectivity index (χ2n) is 1.31.